The number of ether oxygens (including phenoxy) is 2. The van der Waals surface area contributed by atoms with Crippen LogP contribution in [0.4, 0.5) is 5.95 Å². The van der Waals surface area contributed by atoms with Crippen LogP contribution in [0.3, 0.4) is 0 Å². The normalized spacial score (nSPS) is 20.7. The van der Waals surface area contributed by atoms with E-state index in [1.54, 1.807) is 7.11 Å². The van der Waals surface area contributed by atoms with Gasteiger partial charge in [0.2, 0.25) is 5.95 Å². The molecule has 108 valence electrons. The van der Waals surface area contributed by atoms with Crippen LogP contribution in [0.15, 0.2) is 6.20 Å². The van der Waals surface area contributed by atoms with Crippen LogP contribution in [0.2, 0.25) is 0 Å². The average Bonchev–Trinajstić information content (AvgIpc) is 3.00. The molecule has 1 N–H and O–H groups in total. The molecular formula is C14H25N3O2. The molecule has 0 spiro atoms. The molecule has 1 aromatic rings. The van der Waals surface area contributed by atoms with Gasteiger partial charge in [-0.05, 0) is 33.1 Å². The molecule has 0 saturated carbocycles. The Morgan fingerprint density at radius 3 is 3.16 bits per heavy atom. The maximum Gasteiger partial charge on any atom is 0.203 e. The van der Waals surface area contributed by atoms with Crippen molar-refractivity contribution in [2.45, 2.75) is 51.8 Å². The zero-order chi connectivity index (χ0) is 13.7. The highest BCUT2D eigenvalue weighted by Gasteiger charge is 2.23. The van der Waals surface area contributed by atoms with E-state index in [0.29, 0.717) is 12.1 Å². The van der Waals surface area contributed by atoms with Crippen LogP contribution in [-0.4, -0.2) is 42.0 Å². The average molecular weight is 267 g/mol. The minimum absolute atomic E-state index is 0.297. The molecule has 1 aliphatic heterocycles. The standard InChI is InChI=1S/C14H25N3O2/c1-11-10-17(7-5-8-18-3)14(15-11)16-12(2)13-6-4-9-19-13/h10,12-13H,4-9H2,1-3H3,(H,15,16). The highest BCUT2D eigenvalue weighted by molar-refractivity contribution is 5.30. The number of nitrogens with one attached hydrogen (secondary N) is 1. The quantitative estimate of drug-likeness (QED) is 0.769. The minimum Gasteiger partial charge on any atom is -0.385 e. The maximum absolute atomic E-state index is 5.71. The molecule has 1 fully saturated rings. The van der Waals surface area contributed by atoms with Crippen molar-refractivity contribution in [3.8, 4) is 0 Å². The van der Waals surface area contributed by atoms with Crippen molar-refractivity contribution in [1.82, 2.24) is 9.55 Å². The Balaban J connectivity index is 1.94. The molecule has 0 bridgehead atoms. The molecular weight excluding hydrogens is 242 g/mol. The van der Waals surface area contributed by atoms with Gasteiger partial charge in [-0.15, -0.1) is 0 Å². The number of hydrogen-bond donors (Lipinski definition) is 1. The van der Waals surface area contributed by atoms with Crippen LogP contribution in [0.5, 0.6) is 0 Å². The van der Waals surface area contributed by atoms with Crippen LogP contribution in [0.1, 0.15) is 31.9 Å². The summed E-state index contributed by atoms with van der Waals surface area (Å²) in [5.74, 6) is 0.941. The molecule has 2 unspecified atom stereocenters. The van der Waals surface area contributed by atoms with E-state index in [1.165, 1.54) is 0 Å². The van der Waals surface area contributed by atoms with Crippen molar-refractivity contribution in [2.24, 2.45) is 0 Å². The Morgan fingerprint density at radius 2 is 2.47 bits per heavy atom. The number of methoxy groups -OCH3 is 1. The SMILES string of the molecule is COCCCn1cc(C)nc1NC(C)C1CCCO1. The van der Waals surface area contributed by atoms with Gasteiger partial charge in [-0.3, -0.25) is 0 Å². The van der Waals surface area contributed by atoms with E-state index in [4.69, 9.17) is 9.47 Å². The molecule has 5 heteroatoms. The summed E-state index contributed by atoms with van der Waals surface area (Å²) in [6, 6.07) is 0.297. The minimum atomic E-state index is 0.297. The Bertz CT molecular complexity index is 386. The first-order chi connectivity index (χ1) is 9.20. The second-order valence-electron chi connectivity index (χ2n) is 5.23. The van der Waals surface area contributed by atoms with E-state index in [1.807, 2.05) is 6.92 Å². The molecule has 2 atom stereocenters. The summed E-state index contributed by atoms with van der Waals surface area (Å²) in [6.45, 7) is 6.78. The van der Waals surface area contributed by atoms with Crippen LogP contribution >= 0.6 is 0 Å². The monoisotopic (exact) mass is 267 g/mol. The summed E-state index contributed by atoms with van der Waals surface area (Å²) in [6.07, 6.45) is 5.69. The van der Waals surface area contributed by atoms with Crippen molar-refractivity contribution < 1.29 is 9.47 Å². The molecule has 1 aromatic heterocycles. The van der Waals surface area contributed by atoms with E-state index in [-0.39, 0.29) is 0 Å². The third kappa shape index (κ3) is 3.94. The smallest absolute Gasteiger partial charge is 0.203 e. The van der Waals surface area contributed by atoms with Crippen LogP contribution in [0.25, 0.3) is 0 Å². The van der Waals surface area contributed by atoms with Gasteiger partial charge >= 0.3 is 0 Å². The second kappa shape index (κ2) is 6.91. The number of aryl methyl sites for hydroxylation is 2. The Hall–Kier alpha value is -1.07. The predicted octanol–water partition coefficient (Wildman–Crippen LogP) is 2.21. The maximum atomic E-state index is 5.71. The third-order valence-electron chi connectivity index (χ3n) is 3.52. The second-order valence-corrected chi connectivity index (χ2v) is 5.23. The van der Waals surface area contributed by atoms with Crippen molar-refractivity contribution in [3.05, 3.63) is 11.9 Å². The molecule has 2 heterocycles. The lowest BCUT2D eigenvalue weighted by Gasteiger charge is -2.21. The molecule has 0 aromatic carbocycles. The Labute approximate surface area is 115 Å². The molecule has 0 amide bonds. The van der Waals surface area contributed by atoms with Crippen LogP contribution in [0, 0.1) is 6.92 Å². The number of hydrogen-bond acceptors (Lipinski definition) is 4. The molecule has 0 radical (unpaired) electrons. The number of nitrogens with zero attached hydrogens (tertiary/aromatic N) is 2. The summed E-state index contributed by atoms with van der Waals surface area (Å²) in [5, 5.41) is 3.49. The molecule has 5 nitrogen and oxygen atoms in total. The van der Waals surface area contributed by atoms with E-state index < -0.39 is 0 Å². The lowest BCUT2D eigenvalue weighted by molar-refractivity contribution is 0.0993. The van der Waals surface area contributed by atoms with Gasteiger partial charge in [-0.2, -0.15) is 0 Å². The van der Waals surface area contributed by atoms with E-state index in [9.17, 15) is 0 Å². The van der Waals surface area contributed by atoms with Gasteiger partial charge in [0, 0.05) is 33.1 Å². The third-order valence-corrected chi connectivity index (χ3v) is 3.52. The fourth-order valence-electron chi connectivity index (χ4n) is 2.51. The van der Waals surface area contributed by atoms with E-state index >= 15 is 0 Å². The zero-order valence-electron chi connectivity index (χ0n) is 12.2. The molecule has 19 heavy (non-hydrogen) atoms. The molecule has 2 rings (SSSR count). The van der Waals surface area contributed by atoms with Crippen molar-refractivity contribution in [1.29, 1.82) is 0 Å². The predicted molar refractivity (Wildman–Crippen MR) is 75.5 cm³/mol. The zero-order valence-corrected chi connectivity index (χ0v) is 12.2. The van der Waals surface area contributed by atoms with Crippen LogP contribution < -0.4 is 5.32 Å². The van der Waals surface area contributed by atoms with Gasteiger partial charge in [0.25, 0.3) is 0 Å². The molecule has 0 aliphatic carbocycles. The molecule has 1 aliphatic rings. The topological polar surface area (TPSA) is 48.3 Å². The Kier molecular flexibility index (Phi) is 5.22. The van der Waals surface area contributed by atoms with Crippen molar-refractivity contribution >= 4 is 5.95 Å². The summed E-state index contributed by atoms with van der Waals surface area (Å²) in [7, 11) is 1.73. The van der Waals surface area contributed by atoms with Gasteiger partial charge in [0.05, 0.1) is 17.8 Å². The first kappa shape index (κ1) is 14.3. The fraction of sp³-hybridized carbons (Fsp3) is 0.786. The summed E-state index contributed by atoms with van der Waals surface area (Å²) in [5.41, 5.74) is 1.04. The lowest BCUT2D eigenvalue weighted by Crippen LogP contribution is -2.31. The summed E-state index contributed by atoms with van der Waals surface area (Å²) in [4.78, 5) is 4.56. The first-order valence-corrected chi connectivity index (χ1v) is 7.11. The number of anilines is 1. The van der Waals surface area contributed by atoms with Gasteiger partial charge in [-0.1, -0.05) is 0 Å². The number of imidazole rings is 1. The lowest BCUT2D eigenvalue weighted by atomic mass is 10.1. The van der Waals surface area contributed by atoms with Crippen molar-refractivity contribution in [3.63, 3.8) is 0 Å². The van der Waals surface area contributed by atoms with Gasteiger partial charge in [-0.25, -0.2) is 4.98 Å². The van der Waals surface area contributed by atoms with E-state index in [0.717, 1.165) is 50.7 Å². The van der Waals surface area contributed by atoms with E-state index in [2.05, 4.69) is 28.0 Å². The summed E-state index contributed by atoms with van der Waals surface area (Å²) >= 11 is 0. The van der Waals surface area contributed by atoms with Crippen LogP contribution in [-0.2, 0) is 16.0 Å². The van der Waals surface area contributed by atoms with Gasteiger partial charge in [0.15, 0.2) is 0 Å². The summed E-state index contributed by atoms with van der Waals surface area (Å²) < 4.78 is 13.0. The van der Waals surface area contributed by atoms with Gasteiger partial charge in [0.1, 0.15) is 0 Å². The molecule has 1 saturated heterocycles. The van der Waals surface area contributed by atoms with Crippen molar-refractivity contribution in [2.75, 3.05) is 25.6 Å². The number of rotatable bonds is 7. The van der Waals surface area contributed by atoms with Gasteiger partial charge < -0.3 is 19.4 Å². The fourth-order valence-corrected chi connectivity index (χ4v) is 2.51. The highest BCUT2D eigenvalue weighted by atomic mass is 16.5. The first-order valence-electron chi connectivity index (χ1n) is 7.11. The Morgan fingerprint density at radius 1 is 1.63 bits per heavy atom. The highest BCUT2D eigenvalue weighted by Crippen LogP contribution is 2.19. The largest absolute Gasteiger partial charge is 0.385 e. The number of aromatic nitrogens is 2.